The smallest absolute Gasteiger partial charge is 0.282 e. The first-order chi connectivity index (χ1) is 18.4. The third kappa shape index (κ3) is 6.88. The predicted octanol–water partition coefficient (Wildman–Crippen LogP) is 8.05. The highest BCUT2D eigenvalue weighted by Gasteiger charge is 2.27. The summed E-state index contributed by atoms with van der Waals surface area (Å²) in [5.74, 6) is 1.02. The molecule has 4 aromatic rings. The number of thiazole rings is 1. The predicted molar refractivity (Wildman–Crippen MR) is 163 cm³/mol. The van der Waals surface area contributed by atoms with Crippen LogP contribution < -0.4 is 4.74 Å². The molecule has 0 spiro atoms. The monoisotopic (exact) mass is 671 g/mol. The molecular weight excluding hydrogens is 642 g/mol. The Balaban J connectivity index is 0.00000353. The van der Waals surface area contributed by atoms with Crippen LogP contribution in [0.5, 0.6) is 11.5 Å². The summed E-state index contributed by atoms with van der Waals surface area (Å²) >= 11 is 8.21. The van der Waals surface area contributed by atoms with Crippen LogP contribution in [0.3, 0.4) is 0 Å². The zero-order chi connectivity index (χ0) is 26.6. The largest absolute Gasteiger partial charge is 0.505 e. The first-order valence-corrected chi connectivity index (χ1v) is 14.9. The van der Waals surface area contributed by atoms with Crippen molar-refractivity contribution in [1.29, 1.82) is 0 Å². The summed E-state index contributed by atoms with van der Waals surface area (Å²) in [5, 5.41) is 12.8. The van der Waals surface area contributed by atoms with Gasteiger partial charge in [0.05, 0.1) is 15.9 Å². The molecule has 1 aliphatic heterocycles. The van der Waals surface area contributed by atoms with E-state index < -0.39 is 0 Å². The van der Waals surface area contributed by atoms with E-state index in [9.17, 15) is 9.90 Å². The molecule has 39 heavy (non-hydrogen) atoms. The minimum absolute atomic E-state index is 0. The zero-order valence-corrected chi connectivity index (χ0v) is 24.9. The van der Waals surface area contributed by atoms with Crippen LogP contribution in [0.2, 0.25) is 0 Å². The molecule has 6 nitrogen and oxygen atoms in total. The van der Waals surface area contributed by atoms with Crippen LogP contribution in [0.15, 0.2) is 68.9 Å². The SMILES string of the molecule is C.Cc1cccc(COc2c(-c3csc(C(=O)N4CCC(Cc5ccccc5)CC4)n3)cc(Br)c(O)c2Br)n1. The van der Waals surface area contributed by atoms with Crippen molar-refractivity contribution in [3.05, 3.63) is 90.9 Å². The van der Waals surface area contributed by atoms with Crippen molar-refractivity contribution < 1.29 is 14.6 Å². The molecule has 1 amide bonds. The normalized spacial score (nSPS) is 13.7. The molecule has 5 rings (SSSR count). The Bertz CT molecular complexity index is 1440. The molecular formula is C30H31Br2N3O3S. The van der Waals surface area contributed by atoms with E-state index in [2.05, 4.69) is 61.1 Å². The molecule has 2 aromatic heterocycles. The number of phenols is 1. The van der Waals surface area contributed by atoms with Crippen LogP contribution in [0.4, 0.5) is 0 Å². The van der Waals surface area contributed by atoms with Crippen LogP contribution in [0.1, 0.15) is 47.0 Å². The van der Waals surface area contributed by atoms with E-state index in [0.29, 0.717) is 36.9 Å². The van der Waals surface area contributed by atoms with Crippen LogP contribution in [-0.2, 0) is 13.0 Å². The molecule has 0 unspecified atom stereocenters. The van der Waals surface area contributed by atoms with Crippen molar-refractivity contribution in [3.8, 4) is 22.8 Å². The lowest BCUT2D eigenvalue weighted by Gasteiger charge is -2.31. The lowest BCUT2D eigenvalue weighted by atomic mass is 9.90. The minimum atomic E-state index is -0.0391. The third-order valence-electron chi connectivity index (χ3n) is 6.69. The summed E-state index contributed by atoms with van der Waals surface area (Å²) in [5.41, 5.74) is 4.31. The molecule has 0 aliphatic carbocycles. The molecule has 0 saturated carbocycles. The van der Waals surface area contributed by atoms with E-state index in [4.69, 9.17) is 9.72 Å². The standard InChI is InChI=1S/C29H27Br2N3O3S.CH4/c1-18-6-5-9-21(32-18)16-37-27-22(15-23(30)26(35)25(27)31)24-17-38-28(33-24)29(36)34-12-10-20(11-13-34)14-19-7-3-2-4-8-19;/h2-9,15,17,20,35H,10-14,16H2,1H3;1H4. The van der Waals surface area contributed by atoms with Crippen LogP contribution in [0.25, 0.3) is 11.3 Å². The van der Waals surface area contributed by atoms with Gasteiger partial charge in [-0.15, -0.1) is 11.3 Å². The van der Waals surface area contributed by atoms with Crippen molar-refractivity contribution >= 4 is 49.1 Å². The number of nitrogens with zero attached hydrogens (tertiary/aromatic N) is 3. The fraction of sp³-hybridized carbons (Fsp3) is 0.300. The maximum atomic E-state index is 13.3. The average Bonchev–Trinajstić information content (AvgIpc) is 3.42. The number of amides is 1. The molecule has 3 heterocycles. The Labute approximate surface area is 250 Å². The van der Waals surface area contributed by atoms with Gasteiger partial charge in [-0.05, 0) is 87.7 Å². The fourth-order valence-electron chi connectivity index (χ4n) is 4.67. The van der Waals surface area contributed by atoms with Gasteiger partial charge >= 0.3 is 0 Å². The number of aromatic hydroxyl groups is 1. The second kappa shape index (κ2) is 13.1. The first-order valence-electron chi connectivity index (χ1n) is 12.4. The van der Waals surface area contributed by atoms with Crippen molar-refractivity contribution in [2.75, 3.05) is 13.1 Å². The highest BCUT2D eigenvalue weighted by atomic mass is 79.9. The number of benzene rings is 2. The molecule has 0 bridgehead atoms. The molecule has 204 valence electrons. The molecule has 1 saturated heterocycles. The van der Waals surface area contributed by atoms with E-state index in [0.717, 1.165) is 43.7 Å². The quantitative estimate of drug-likeness (QED) is 0.215. The van der Waals surface area contributed by atoms with Crippen molar-refractivity contribution in [2.45, 2.75) is 40.2 Å². The van der Waals surface area contributed by atoms with Gasteiger partial charge in [0.1, 0.15) is 22.6 Å². The second-order valence-corrected chi connectivity index (χ2v) is 11.9. The van der Waals surface area contributed by atoms with Crippen LogP contribution in [0, 0.1) is 12.8 Å². The number of pyridine rings is 1. The zero-order valence-electron chi connectivity index (χ0n) is 20.9. The van der Waals surface area contributed by atoms with Gasteiger partial charge in [-0.1, -0.05) is 43.8 Å². The van der Waals surface area contributed by atoms with Crippen LogP contribution >= 0.6 is 43.2 Å². The Kier molecular flexibility index (Phi) is 9.80. The number of aromatic nitrogens is 2. The maximum Gasteiger partial charge on any atom is 0.282 e. The molecule has 1 aliphatic rings. The van der Waals surface area contributed by atoms with Gasteiger partial charge in [0.25, 0.3) is 5.91 Å². The lowest BCUT2D eigenvalue weighted by molar-refractivity contribution is 0.0690. The summed E-state index contributed by atoms with van der Waals surface area (Å²) in [6, 6.07) is 18.0. The highest BCUT2D eigenvalue weighted by molar-refractivity contribution is 9.11. The molecule has 0 atom stereocenters. The Hall–Kier alpha value is -2.75. The second-order valence-electron chi connectivity index (χ2n) is 9.42. The summed E-state index contributed by atoms with van der Waals surface area (Å²) in [6.07, 6.45) is 3.03. The Morgan fingerprint density at radius 1 is 1.10 bits per heavy atom. The average molecular weight is 673 g/mol. The van der Waals surface area contributed by atoms with Gasteiger partial charge < -0.3 is 14.7 Å². The van der Waals surface area contributed by atoms with Crippen LogP contribution in [-0.4, -0.2) is 39.0 Å². The summed E-state index contributed by atoms with van der Waals surface area (Å²) in [4.78, 5) is 24.4. The number of halogens is 2. The molecule has 9 heteroatoms. The van der Waals surface area contributed by atoms with E-state index in [1.54, 1.807) is 6.07 Å². The molecule has 1 N–H and O–H groups in total. The number of piperidine rings is 1. The van der Waals surface area contributed by atoms with Gasteiger partial charge in [0.2, 0.25) is 0 Å². The Morgan fingerprint density at radius 2 is 1.85 bits per heavy atom. The number of phenolic OH excluding ortho intramolecular Hbond substituents is 1. The highest BCUT2D eigenvalue weighted by Crippen LogP contribution is 2.46. The lowest BCUT2D eigenvalue weighted by Crippen LogP contribution is -2.38. The van der Waals surface area contributed by atoms with Gasteiger partial charge in [-0.3, -0.25) is 9.78 Å². The number of rotatable bonds is 7. The first kappa shape index (κ1) is 29.2. The van der Waals surface area contributed by atoms with Gasteiger partial charge in [-0.2, -0.15) is 0 Å². The van der Waals surface area contributed by atoms with E-state index in [-0.39, 0.29) is 25.7 Å². The molecule has 0 radical (unpaired) electrons. The molecule has 2 aromatic carbocycles. The topological polar surface area (TPSA) is 75.5 Å². The number of carbonyl (C=O) groups excluding carboxylic acids is 1. The fourth-order valence-corrected chi connectivity index (χ4v) is 6.69. The van der Waals surface area contributed by atoms with E-state index >= 15 is 0 Å². The van der Waals surface area contributed by atoms with Gasteiger partial charge in [0.15, 0.2) is 5.01 Å². The van der Waals surface area contributed by atoms with Gasteiger partial charge in [0, 0.05) is 29.7 Å². The minimum Gasteiger partial charge on any atom is -0.505 e. The van der Waals surface area contributed by atoms with Gasteiger partial charge in [-0.25, -0.2) is 4.98 Å². The van der Waals surface area contributed by atoms with Crippen molar-refractivity contribution in [3.63, 3.8) is 0 Å². The summed E-state index contributed by atoms with van der Waals surface area (Å²) in [7, 11) is 0. The third-order valence-corrected chi connectivity index (χ3v) is 8.86. The number of likely N-dealkylation sites (tertiary alicyclic amines) is 1. The number of hydrogen-bond acceptors (Lipinski definition) is 6. The summed E-state index contributed by atoms with van der Waals surface area (Å²) in [6.45, 7) is 3.62. The number of hydrogen-bond donors (Lipinski definition) is 1. The van der Waals surface area contributed by atoms with Crippen molar-refractivity contribution in [2.24, 2.45) is 5.92 Å². The number of carbonyl (C=O) groups is 1. The Morgan fingerprint density at radius 3 is 2.56 bits per heavy atom. The molecule has 1 fully saturated rings. The van der Waals surface area contributed by atoms with E-state index in [1.165, 1.54) is 16.9 Å². The number of aryl methyl sites for hydroxylation is 1. The van der Waals surface area contributed by atoms with E-state index in [1.807, 2.05) is 41.5 Å². The maximum absolute atomic E-state index is 13.3. The summed E-state index contributed by atoms with van der Waals surface area (Å²) < 4.78 is 7.04. The number of ether oxygens (including phenoxy) is 1. The van der Waals surface area contributed by atoms with Crippen molar-refractivity contribution in [1.82, 2.24) is 14.9 Å².